The largest absolute Gasteiger partial charge is 0.325 e. The van der Waals surface area contributed by atoms with Crippen molar-refractivity contribution in [2.75, 3.05) is 16.0 Å². The number of carbonyl (C=O) groups excluding carboxylic acids is 2. The summed E-state index contributed by atoms with van der Waals surface area (Å²) >= 11 is 1.58. The quantitative estimate of drug-likeness (QED) is 0.850. The molecule has 0 aliphatic carbocycles. The minimum atomic E-state index is -0.484. The van der Waals surface area contributed by atoms with Crippen LogP contribution in [0.15, 0.2) is 48.5 Å². The maximum absolute atomic E-state index is 12.6. The number of anilines is 2. The Labute approximate surface area is 159 Å². The van der Waals surface area contributed by atoms with Crippen LogP contribution in [-0.2, 0) is 9.59 Å². The molecule has 1 saturated heterocycles. The maximum Gasteiger partial charge on any atom is 0.238 e. The van der Waals surface area contributed by atoms with Crippen molar-refractivity contribution in [1.82, 2.24) is 0 Å². The second-order valence-electron chi connectivity index (χ2n) is 7.55. The Balaban J connectivity index is 1.96. The molecule has 136 valence electrons. The Morgan fingerprint density at radius 3 is 2.42 bits per heavy atom. The third-order valence-electron chi connectivity index (χ3n) is 4.34. The summed E-state index contributed by atoms with van der Waals surface area (Å²) in [5.41, 5.74) is 3.26. The third kappa shape index (κ3) is 3.78. The molecule has 26 heavy (non-hydrogen) atoms. The minimum absolute atomic E-state index is 0.0406. The van der Waals surface area contributed by atoms with Gasteiger partial charge in [-0.3, -0.25) is 14.5 Å². The van der Waals surface area contributed by atoms with Crippen LogP contribution in [0, 0.1) is 12.3 Å². The van der Waals surface area contributed by atoms with E-state index in [2.05, 4.69) is 5.32 Å². The average molecular weight is 369 g/mol. The van der Waals surface area contributed by atoms with Gasteiger partial charge in [0.25, 0.3) is 0 Å². The first-order valence-electron chi connectivity index (χ1n) is 8.68. The molecule has 1 N–H and O–H groups in total. The van der Waals surface area contributed by atoms with Gasteiger partial charge in [0.15, 0.2) is 0 Å². The molecule has 1 heterocycles. The predicted octanol–water partition coefficient (Wildman–Crippen LogP) is 4.76. The van der Waals surface area contributed by atoms with E-state index in [4.69, 9.17) is 0 Å². The molecule has 2 amide bonds. The van der Waals surface area contributed by atoms with E-state index in [0.717, 1.165) is 22.5 Å². The molecule has 0 spiro atoms. The fraction of sp³-hybridized carbons (Fsp3) is 0.333. The average Bonchev–Trinajstić information content (AvgIpc) is 2.97. The maximum atomic E-state index is 12.6. The van der Waals surface area contributed by atoms with E-state index in [1.165, 1.54) is 0 Å². The number of amides is 2. The summed E-state index contributed by atoms with van der Waals surface area (Å²) in [5, 5.41) is 2.88. The van der Waals surface area contributed by atoms with Crippen LogP contribution >= 0.6 is 11.8 Å². The van der Waals surface area contributed by atoms with E-state index in [-0.39, 0.29) is 17.2 Å². The Kier molecular flexibility index (Phi) is 5.10. The Hall–Kier alpha value is -2.27. The molecule has 1 aliphatic heterocycles. The Morgan fingerprint density at radius 2 is 1.77 bits per heavy atom. The first-order valence-corrected chi connectivity index (χ1v) is 9.73. The third-order valence-corrected chi connectivity index (χ3v) is 5.53. The molecule has 5 heteroatoms. The fourth-order valence-corrected chi connectivity index (χ4v) is 3.99. The molecule has 1 fully saturated rings. The van der Waals surface area contributed by atoms with E-state index in [1.807, 2.05) is 81.1 Å². The van der Waals surface area contributed by atoms with Crippen molar-refractivity contribution in [2.24, 2.45) is 5.41 Å². The van der Waals surface area contributed by atoms with Gasteiger partial charge in [0.2, 0.25) is 11.8 Å². The van der Waals surface area contributed by atoms with Gasteiger partial charge in [0, 0.05) is 22.4 Å². The molecule has 2 aromatic carbocycles. The number of aryl methyl sites for hydroxylation is 1. The summed E-state index contributed by atoms with van der Waals surface area (Å²) in [4.78, 5) is 26.8. The number of thioether (sulfide) groups is 1. The van der Waals surface area contributed by atoms with E-state index in [9.17, 15) is 9.59 Å². The van der Waals surface area contributed by atoms with Gasteiger partial charge in [-0.15, -0.1) is 11.8 Å². The normalized spacial score (nSPS) is 17.5. The highest BCUT2D eigenvalue weighted by molar-refractivity contribution is 8.00. The highest BCUT2D eigenvalue weighted by Crippen LogP contribution is 2.44. The van der Waals surface area contributed by atoms with E-state index >= 15 is 0 Å². The van der Waals surface area contributed by atoms with Gasteiger partial charge >= 0.3 is 0 Å². The molecule has 1 atom stereocenters. The molecule has 3 rings (SSSR count). The minimum Gasteiger partial charge on any atom is -0.325 e. The topological polar surface area (TPSA) is 49.4 Å². The van der Waals surface area contributed by atoms with E-state index in [1.54, 1.807) is 11.8 Å². The van der Waals surface area contributed by atoms with Crippen molar-refractivity contribution in [3.05, 3.63) is 59.7 Å². The first-order chi connectivity index (χ1) is 12.3. The van der Waals surface area contributed by atoms with Crippen LogP contribution in [0.5, 0.6) is 0 Å². The summed E-state index contributed by atoms with van der Waals surface area (Å²) in [6.07, 6.45) is 0. The summed E-state index contributed by atoms with van der Waals surface area (Å²) < 4.78 is 0. The van der Waals surface area contributed by atoms with E-state index in [0.29, 0.717) is 5.75 Å². The number of hydrogen-bond donors (Lipinski definition) is 1. The fourth-order valence-electron chi connectivity index (χ4n) is 2.77. The van der Waals surface area contributed by atoms with Crippen LogP contribution in [0.3, 0.4) is 0 Å². The van der Waals surface area contributed by atoms with Gasteiger partial charge in [-0.2, -0.15) is 0 Å². The highest BCUT2D eigenvalue weighted by Gasteiger charge is 2.35. The highest BCUT2D eigenvalue weighted by atomic mass is 32.2. The van der Waals surface area contributed by atoms with Gasteiger partial charge in [-0.1, -0.05) is 56.7 Å². The van der Waals surface area contributed by atoms with Gasteiger partial charge in [-0.05, 0) is 25.1 Å². The number of rotatable bonds is 3. The van der Waals surface area contributed by atoms with Crippen LogP contribution in [0.1, 0.15) is 37.3 Å². The van der Waals surface area contributed by atoms with Gasteiger partial charge < -0.3 is 5.32 Å². The van der Waals surface area contributed by atoms with Gasteiger partial charge in [0.05, 0.1) is 5.75 Å². The number of benzene rings is 2. The van der Waals surface area contributed by atoms with Crippen LogP contribution in [0.4, 0.5) is 11.4 Å². The number of hydrogen-bond acceptors (Lipinski definition) is 3. The van der Waals surface area contributed by atoms with Crippen molar-refractivity contribution in [2.45, 2.75) is 33.1 Å². The summed E-state index contributed by atoms with van der Waals surface area (Å²) in [6.45, 7) is 7.69. The zero-order chi connectivity index (χ0) is 18.9. The molecule has 4 nitrogen and oxygen atoms in total. The lowest BCUT2D eigenvalue weighted by molar-refractivity contribution is -0.123. The van der Waals surface area contributed by atoms with Crippen molar-refractivity contribution >= 4 is 35.0 Å². The number of carbonyl (C=O) groups is 2. The Morgan fingerprint density at radius 1 is 1.12 bits per heavy atom. The first kappa shape index (κ1) is 18.5. The van der Waals surface area contributed by atoms with Gasteiger partial charge in [-0.25, -0.2) is 0 Å². The molecule has 2 aromatic rings. The van der Waals surface area contributed by atoms with Crippen molar-refractivity contribution < 1.29 is 9.59 Å². The van der Waals surface area contributed by atoms with Crippen LogP contribution in [-0.4, -0.2) is 17.6 Å². The van der Waals surface area contributed by atoms with Crippen molar-refractivity contribution in [3.8, 4) is 0 Å². The monoisotopic (exact) mass is 368 g/mol. The zero-order valence-electron chi connectivity index (χ0n) is 15.6. The van der Waals surface area contributed by atoms with E-state index < -0.39 is 5.41 Å². The van der Waals surface area contributed by atoms with Crippen LogP contribution in [0.2, 0.25) is 0 Å². The molecule has 0 aromatic heterocycles. The smallest absolute Gasteiger partial charge is 0.238 e. The summed E-state index contributed by atoms with van der Waals surface area (Å²) in [5.74, 6) is 0.474. The molecule has 0 bridgehead atoms. The predicted molar refractivity (Wildman–Crippen MR) is 108 cm³/mol. The second kappa shape index (κ2) is 7.16. The zero-order valence-corrected chi connectivity index (χ0v) is 16.4. The summed E-state index contributed by atoms with van der Waals surface area (Å²) in [6, 6.07) is 15.7. The molecular formula is C21H24N2O2S. The van der Waals surface area contributed by atoms with Crippen molar-refractivity contribution in [3.63, 3.8) is 0 Å². The van der Waals surface area contributed by atoms with Crippen molar-refractivity contribution in [1.29, 1.82) is 0 Å². The summed E-state index contributed by atoms with van der Waals surface area (Å²) in [7, 11) is 0. The second-order valence-corrected chi connectivity index (χ2v) is 8.62. The SMILES string of the molecule is Cc1ccc(N2C(=O)CSC2c2ccccc2NC(=O)C(C)(C)C)cc1. The lowest BCUT2D eigenvalue weighted by Gasteiger charge is -2.27. The number of nitrogens with zero attached hydrogens (tertiary/aromatic N) is 1. The molecular weight excluding hydrogens is 344 g/mol. The van der Waals surface area contributed by atoms with Crippen LogP contribution in [0.25, 0.3) is 0 Å². The van der Waals surface area contributed by atoms with Crippen LogP contribution < -0.4 is 10.2 Å². The number of para-hydroxylation sites is 1. The molecule has 0 saturated carbocycles. The lowest BCUT2D eigenvalue weighted by atomic mass is 9.95. The van der Waals surface area contributed by atoms with Gasteiger partial charge in [0.1, 0.15) is 5.37 Å². The molecule has 1 aliphatic rings. The Bertz CT molecular complexity index is 825. The lowest BCUT2D eigenvalue weighted by Crippen LogP contribution is -2.30. The number of nitrogens with one attached hydrogen (secondary N) is 1. The molecule has 1 unspecified atom stereocenters. The molecule has 0 radical (unpaired) electrons. The standard InChI is InChI=1S/C21H24N2O2S/c1-14-9-11-15(12-10-14)23-18(24)13-26-19(23)16-7-5-6-8-17(16)22-20(25)21(2,3)4/h5-12,19H,13H2,1-4H3,(H,22,25).